The van der Waals surface area contributed by atoms with Gasteiger partial charge in [0.25, 0.3) is 6.47 Å². The molecule has 2 aromatic heterocycles. The fourth-order valence-electron chi connectivity index (χ4n) is 0.985. The molecule has 0 spiro atoms. The topological polar surface area (TPSA) is 83.3 Å². The first-order valence-electron chi connectivity index (χ1n) is 3.75. The van der Waals surface area contributed by atoms with E-state index in [9.17, 15) is 5.11 Å². The monoisotopic (exact) mass is 192 g/mol. The molecule has 0 aliphatic rings. The van der Waals surface area contributed by atoms with Crippen LogP contribution in [0, 0.1) is 0 Å². The quantitative estimate of drug-likeness (QED) is 0.609. The molecule has 0 unspecified atom stereocenters. The first-order valence-corrected chi connectivity index (χ1v) is 3.75. The molecule has 0 atom stereocenters. The van der Waals surface area contributed by atoms with Crippen molar-refractivity contribution in [1.82, 2.24) is 9.97 Å². The molecule has 0 aliphatic heterocycles. The highest BCUT2D eigenvalue weighted by molar-refractivity contribution is 5.83. The zero-order chi connectivity index (χ0) is 10.4. The predicted octanol–water partition coefficient (Wildman–Crippen LogP) is 1.04. The third-order valence-corrected chi connectivity index (χ3v) is 1.51. The number of fused-ring (bicyclic) bond motifs is 1. The first-order chi connectivity index (χ1) is 6.79. The average molecular weight is 192 g/mol. The Labute approximate surface area is 79.7 Å². The Hall–Kier alpha value is -2.17. The fourth-order valence-corrected chi connectivity index (χ4v) is 0.985. The maximum Gasteiger partial charge on any atom is 0.290 e. The standard InChI is InChI=1S/C8H6N2O.CH2O2/c11-8-5-9-4-7-6(8)2-1-3-10-7;2-1-3/h1-5,11H;1H,(H,2,3). The van der Waals surface area contributed by atoms with Crippen molar-refractivity contribution in [3.63, 3.8) is 0 Å². The molecule has 0 amide bonds. The predicted molar refractivity (Wildman–Crippen MR) is 49.9 cm³/mol. The number of carbonyl (C=O) groups is 1. The largest absolute Gasteiger partial charge is 0.506 e. The van der Waals surface area contributed by atoms with Crippen LogP contribution in [0.25, 0.3) is 10.9 Å². The molecule has 0 saturated heterocycles. The number of hydrogen-bond donors (Lipinski definition) is 2. The molecule has 0 fully saturated rings. The van der Waals surface area contributed by atoms with E-state index in [0.717, 1.165) is 5.39 Å². The minimum atomic E-state index is -0.250. The van der Waals surface area contributed by atoms with Gasteiger partial charge in [0, 0.05) is 11.6 Å². The van der Waals surface area contributed by atoms with Gasteiger partial charge in [-0.05, 0) is 12.1 Å². The summed E-state index contributed by atoms with van der Waals surface area (Å²) in [5, 5.41) is 16.9. The van der Waals surface area contributed by atoms with Crippen molar-refractivity contribution in [3.8, 4) is 5.75 Å². The smallest absolute Gasteiger partial charge is 0.290 e. The van der Waals surface area contributed by atoms with E-state index in [4.69, 9.17) is 9.90 Å². The van der Waals surface area contributed by atoms with Crippen LogP contribution in [0.1, 0.15) is 0 Å². The number of aromatic nitrogens is 2. The maximum absolute atomic E-state index is 9.27. The van der Waals surface area contributed by atoms with E-state index in [1.807, 2.05) is 0 Å². The van der Waals surface area contributed by atoms with Crippen molar-refractivity contribution in [2.45, 2.75) is 0 Å². The summed E-state index contributed by atoms with van der Waals surface area (Å²) in [6.07, 6.45) is 4.70. The zero-order valence-electron chi connectivity index (χ0n) is 7.16. The van der Waals surface area contributed by atoms with E-state index in [-0.39, 0.29) is 12.2 Å². The van der Waals surface area contributed by atoms with Gasteiger partial charge in [-0.1, -0.05) is 0 Å². The SMILES string of the molecule is O=CO.Oc1cncc2ncccc12. The van der Waals surface area contributed by atoms with E-state index in [0.29, 0.717) is 5.52 Å². The van der Waals surface area contributed by atoms with Crippen molar-refractivity contribution in [3.05, 3.63) is 30.7 Å². The molecule has 2 rings (SSSR count). The van der Waals surface area contributed by atoms with Crippen LogP contribution in [0.5, 0.6) is 5.75 Å². The molecule has 0 radical (unpaired) electrons. The molecule has 0 saturated carbocycles. The zero-order valence-corrected chi connectivity index (χ0v) is 7.16. The van der Waals surface area contributed by atoms with Gasteiger partial charge in [-0.3, -0.25) is 14.8 Å². The van der Waals surface area contributed by atoms with Gasteiger partial charge in [0.05, 0.1) is 17.9 Å². The first kappa shape index (κ1) is 9.91. The molecular weight excluding hydrogens is 184 g/mol. The number of rotatable bonds is 0. The highest BCUT2D eigenvalue weighted by atomic mass is 16.3. The lowest BCUT2D eigenvalue weighted by Crippen LogP contribution is -1.79. The van der Waals surface area contributed by atoms with Crippen LogP contribution in [0.2, 0.25) is 0 Å². The van der Waals surface area contributed by atoms with Crippen LogP contribution in [0.3, 0.4) is 0 Å². The molecule has 2 N–H and O–H groups in total. The highest BCUT2D eigenvalue weighted by Crippen LogP contribution is 2.19. The normalized spacial score (nSPS) is 8.86. The van der Waals surface area contributed by atoms with E-state index >= 15 is 0 Å². The van der Waals surface area contributed by atoms with Gasteiger partial charge >= 0.3 is 0 Å². The lowest BCUT2D eigenvalue weighted by molar-refractivity contribution is -0.122. The van der Waals surface area contributed by atoms with Crippen molar-refractivity contribution < 1.29 is 15.0 Å². The van der Waals surface area contributed by atoms with Crippen molar-refractivity contribution in [1.29, 1.82) is 0 Å². The Kier molecular flexibility index (Phi) is 3.37. The number of aromatic hydroxyl groups is 1. The van der Waals surface area contributed by atoms with Gasteiger partial charge in [0.1, 0.15) is 5.75 Å². The van der Waals surface area contributed by atoms with Crippen LogP contribution < -0.4 is 0 Å². The Balaban J connectivity index is 0.000000293. The Morgan fingerprint density at radius 3 is 2.71 bits per heavy atom. The molecule has 0 bridgehead atoms. The third kappa shape index (κ3) is 2.16. The Bertz CT molecular complexity index is 426. The highest BCUT2D eigenvalue weighted by Gasteiger charge is 1.97. The van der Waals surface area contributed by atoms with E-state index in [1.54, 1.807) is 24.5 Å². The Morgan fingerprint density at radius 1 is 1.36 bits per heavy atom. The molecule has 72 valence electrons. The number of carboxylic acid groups (broad SMARTS) is 1. The summed E-state index contributed by atoms with van der Waals surface area (Å²) in [7, 11) is 0. The van der Waals surface area contributed by atoms with Crippen molar-refractivity contribution in [2.24, 2.45) is 0 Å². The summed E-state index contributed by atoms with van der Waals surface area (Å²) in [5.74, 6) is 0.176. The maximum atomic E-state index is 9.27. The third-order valence-electron chi connectivity index (χ3n) is 1.51. The van der Waals surface area contributed by atoms with E-state index in [1.165, 1.54) is 6.20 Å². The van der Waals surface area contributed by atoms with Gasteiger partial charge in [0.2, 0.25) is 0 Å². The molecule has 2 heterocycles. The van der Waals surface area contributed by atoms with Gasteiger partial charge < -0.3 is 10.2 Å². The second-order valence-corrected chi connectivity index (χ2v) is 2.33. The summed E-state index contributed by atoms with van der Waals surface area (Å²) >= 11 is 0. The number of pyridine rings is 2. The van der Waals surface area contributed by atoms with E-state index in [2.05, 4.69) is 9.97 Å². The summed E-state index contributed by atoms with van der Waals surface area (Å²) in [6.45, 7) is -0.250. The van der Waals surface area contributed by atoms with Crippen molar-refractivity contribution >= 4 is 17.4 Å². The van der Waals surface area contributed by atoms with Crippen molar-refractivity contribution in [2.75, 3.05) is 0 Å². The van der Waals surface area contributed by atoms with Gasteiger partial charge in [-0.15, -0.1) is 0 Å². The summed E-state index contributed by atoms with van der Waals surface area (Å²) in [4.78, 5) is 16.2. The van der Waals surface area contributed by atoms with Crippen LogP contribution in [0.15, 0.2) is 30.7 Å². The lowest BCUT2D eigenvalue weighted by Gasteiger charge is -1.96. The van der Waals surface area contributed by atoms with Gasteiger partial charge in [-0.2, -0.15) is 0 Å². The number of nitrogens with zero attached hydrogens (tertiary/aromatic N) is 2. The second kappa shape index (κ2) is 4.76. The van der Waals surface area contributed by atoms with E-state index < -0.39 is 0 Å². The molecule has 14 heavy (non-hydrogen) atoms. The molecular formula is C9H8N2O3. The number of hydrogen-bond acceptors (Lipinski definition) is 4. The van der Waals surface area contributed by atoms with Gasteiger partial charge in [0.15, 0.2) is 0 Å². The molecule has 5 heteroatoms. The minimum absolute atomic E-state index is 0.176. The lowest BCUT2D eigenvalue weighted by atomic mass is 10.2. The molecule has 0 aliphatic carbocycles. The van der Waals surface area contributed by atoms with Crippen LogP contribution in [-0.2, 0) is 4.79 Å². The minimum Gasteiger partial charge on any atom is -0.506 e. The van der Waals surface area contributed by atoms with Crippen LogP contribution in [-0.4, -0.2) is 26.7 Å². The fraction of sp³-hybridized carbons (Fsp3) is 0. The summed E-state index contributed by atoms with van der Waals surface area (Å²) in [6, 6.07) is 3.58. The molecule has 0 aromatic carbocycles. The average Bonchev–Trinajstić information content (AvgIpc) is 2.20. The van der Waals surface area contributed by atoms with Crippen LogP contribution >= 0.6 is 0 Å². The molecule has 2 aromatic rings. The summed E-state index contributed by atoms with van der Waals surface area (Å²) in [5.41, 5.74) is 0.715. The van der Waals surface area contributed by atoms with Gasteiger partial charge in [-0.25, -0.2) is 0 Å². The molecule has 5 nitrogen and oxygen atoms in total. The van der Waals surface area contributed by atoms with Crippen LogP contribution in [0.4, 0.5) is 0 Å². The summed E-state index contributed by atoms with van der Waals surface area (Å²) < 4.78 is 0. The Morgan fingerprint density at radius 2 is 2.07 bits per heavy atom. The second-order valence-electron chi connectivity index (χ2n) is 2.33.